The van der Waals surface area contributed by atoms with Gasteiger partial charge in [-0.15, -0.1) is 0 Å². The summed E-state index contributed by atoms with van der Waals surface area (Å²) in [6.45, 7) is 0.398. The molecule has 0 radical (unpaired) electrons. The van der Waals surface area contributed by atoms with Gasteiger partial charge in [-0.25, -0.2) is 9.07 Å². The number of nitrogens with one attached hydrogen (secondary N) is 1. The molecule has 0 fully saturated rings. The Balaban J connectivity index is 1.50. The summed E-state index contributed by atoms with van der Waals surface area (Å²) in [7, 11) is 0. The Morgan fingerprint density at radius 1 is 1.15 bits per heavy atom. The lowest BCUT2D eigenvalue weighted by Gasteiger charge is -2.05. The molecule has 26 heavy (non-hydrogen) atoms. The van der Waals surface area contributed by atoms with Gasteiger partial charge in [-0.3, -0.25) is 4.79 Å². The molecule has 0 aliphatic rings. The molecular weight excluding hydrogens is 353 g/mol. The number of hydrogen-bond acceptors (Lipinski definition) is 4. The van der Waals surface area contributed by atoms with Gasteiger partial charge in [-0.1, -0.05) is 36.4 Å². The van der Waals surface area contributed by atoms with Crippen LogP contribution in [0.5, 0.6) is 5.75 Å². The van der Waals surface area contributed by atoms with Crippen molar-refractivity contribution in [2.75, 3.05) is 12.3 Å². The third-order valence-electron chi connectivity index (χ3n) is 3.68. The van der Waals surface area contributed by atoms with Crippen molar-refractivity contribution in [1.29, 1.82) is 0 Å². The van der Waals surface area contributed by atoms with Crippen LogP contribution >= 0.6 is 11.8 Å². The fourth-order valence-corrected chi connectivity index (χ4v) is 3.20. The molecule has 0 saturated heterocycles. The summed E-state index contributed by atoms with van der Waals surface area (Å²) in [4.78, 5) is 12.2. The van der Waals surface area contributed by atoms with Crippen molar-refractivity contribution in [3.8, 4) is 11.4 Å². The van der Waals surface area contributed by atoms with Gasteiger partial charge in [0.25, 0.3) is 5.91 Å². The monoisotopic (exact) mass is 371 g/mol. The smallest absolute Gasteiger partial charge is 0.275 e. The van der Waals surface area contributed by atoms with E-state index in [9.17, 15) is 14.3 Å². The van der Waals surface area contributed by atoms with Crippen LogP contribution in [-0.2, 0) is 5.75 Å². The van der Waals surface area contributed by atoms with Crippen molar-refractivity contribution < 1.29 is 14.3 Å². The van der Waals surface area contributed by atoms with Gasteiger partial charge in [0.1, 0.15) is 5.82 Å². The largest absolute Gasteiger partial charge is 0.504 e. The topological polar surface area (TPSA) is 67.2 Å². The summed E-state index contributed by atoms with van der Waals surface area (Å²) in [6, 6.07) is 15.9. The number of benzene rings is 2. The number of amides is 1. The molecule has 0 aliphatic heterocycles. The molecule has 3 aromatic rings. The fraction of sp³-hybridized carbons (Fsp3) is 0.158. The maximum atomic E-state index is 13.5. The first-order chi connectivity index (χ1) is 12.6. The van der Waals surface area contributed by atoms with Gasteiger partial charge in [0.05, 0.1) is 11.9 Å². The van der Waals surface area contributed by atoms with Crippen LogP contribution in [0.3, 0.4) is 0 Å². The molecule has 134 valence electrons. The third-order valence-corrected chi connectivity index (χ3v) is 4.69. The Labute approximate surface area is 154 Å². The Kier molecular flexibility index (Phi) is 5.91. The number of carbonyl (C=O) groups excluding carboxylic acids is 1. The van der Waals surface area contributed by atoms with Gasteiger partial charge in [-0.2, -0.15) is 16.9 Å². The minimum Gasteiger partial charge on any atom is -0.504 e. The average Bonchev–Trinajstić information content (AvgIpc) is 3.05. The van der Waals surface area contributed by atoms with Crippen molar-refractivity contribution >= 4 is 17.7 Å². The molecule has 0 bridgehead atoms. The summed E-state index contributed by atoms with van der Waals surface area (Å²) in [6.07, 6.45) is 1.40. The standard InChI is InChI=1S/C19H18FN3O2S/c20-16-9-5-4-6-14(16)13-26-11-10-21-19(25)18-17(24)12-23(22-18)15-7-2-1-3-8-15/h1-9,12,24H,10-11,13H2,(H,21,25). The van der Waals surface area contributed by atoms with Crippen molar-refractivity contribution in [1.82, 2.24) is 15.1 Å². The molecule has 7 heteroatoms. The van der Waals surface area contributed by atoms with Gasteiger partial charge in [0.2, 0.25) is 0 Å². The lowest BCUT2D eigenvalue weighted by atomic mass is 10.2. The highest BCUT2D eigenvalue weighted by Crippen LogP contribution is 2.18. The van der Waals surface area contributed by atoms with E-state index in [0.717, 1.165) is 5.69 Å². The molecule has 1 heterocycles. The van der Waals surface area contributed by atoms with E-state index in [0.29, 0.717) is 23.6 Å². The van der Waals surface area contributed by atoms with Crippen LogP contribution in [0.2, 0.25) is 0 Å². The average molecular weight is 371 g/mol. The number of thioether (sulfide) groups is 1. The van der Waals surface area contributed by atoms with Gasteiger partial charge in [0, 0.05) is 18.1 Å². The number of nitrogens with zero attached hydrogens (tertiary/aromatic N) is 2. The summed E-state index contributed by atoms with van der Waals surface area (Å²) in [5, 5.41) is 16.8. The van der Waals surface area contributed by atoms with Crippen LogP contribution in [0.25, 0.3) is 5.69 Å². The van der Waals surface area contributed by atoms with E-state index in [4.69, 9.17) is 0 Å². The first kappa shape index (κ1) is 18.0. The second kappa shape index (κ2) is 8.53. The van der Waals surface area contributed by atoms with Gasteiger partial charge >= 0.3 is 0 Å². The Hall–Kier alpha value is -2.80. The summed E-state index contributed by atoms with van der Waals surface area (Å²) in [5.74, 6) is 0.325. The molecule has 0 spiro atoms. The third kappa shape index (κ3) is 4.43. The number of hydrogen-bond donors (Lipinski definition) is 2. The molecule has 2 aromatic carbocycles. The number of rotatable bonds is 7. The van der Waals surface area contributed by atoms with E-state index in [1.807, 2.05) is 30.3 Å². The van der Waals surface area contributed by atoms with E-state index < -0.39 is 5.91 Å². The van der Waals surface area contributed by atoms with Crippen LogP contribution in [0.1, 0.15) is 16.1 Å². The molecule has 0 atom stereocenters. The first-order valence-electron chi connectivity index (χ1n) is 8.08. The minimum atomic E-state index is -0.441. The second-order valence-electron chi connectivity index (χ2n) is 5.54. The van der Waals surface area contributed by atoms with Crippen LogP contribution in [-0.4, -0.2) is 33.1 Å². The second-order valence-corrected chi connectivity index (χ2v) is 6.65. The molecule has 5 nitrogen and oxygen atoms in total. The lowest BCUT2D eigenvalue weighted by Crippen LogP contribution is -2.26. The number of para-hydroxylation sites is 1. The van der Waals surface area contributed by atoms with Crippen LogP contribution in [0.15, 0.2) is 60.8 Å². The maximum absolute atomic E-state index is 13.5. The fourth-order valence-electron chi connectivity index (χ4n) is 2.36. The van der Waals surface area contributed by atoms with Crippen molar-refractivity contribution in [3.05, 3.63) is 77.9 Å². The van der Waals surface area contributed by atoms with Gasteiger partial charge in [0.15, 0.2) is 11.4 Å². The number of aromatic nitrogens is 2. The normalized spacial score (nSPS) is 10.7. The summed E-state index contributed by atoms with van der Waals surface area (Å²) >= 11 is 1.52. The molecule has 0 aliphatic carbocycles. The van der Waals surface area contributed by atoms with E-state index >= 15 is 0 Å². The van der Waals surface area contributed by atoms with Crippen LogP contribution in [0, 0.1) is 5.82 Å². The highest BCUT2D eigenvalue weighted by molar-refractivity contribution is 7.98. The zero-order valence-corrected chi connectivity index (χ0v) is 14.7. The van der Waals surface area contributed by atoms with Gasteiger partial charge < -0.3 is 10.4 Å². The van der Waals surface area contributed by atoms with Crippen molar-refractivity contribution in [2.24, 2.45) is 0 Å². The maximum Gasteiger partial charge on any atom is 0.275 e. The molecule has 1 amide bonds. The van der Waals surface area contributed by atoms with Crippen molar-refractivity contribution in [3.63, 3.8) is 0 Å². The number of halogens is 1. The summed E-state index contributed by atoms with van der Waals surface area (Å²) in [5.41, 5.74) is 1.37. The molecule has 0 saturated carbocycles. The molecular formula is C19H18FN3O2S. The lowest BCUT2D eigenvalue weighted by molar-refractivity contribution is 0.0948. The van der Waals surface area contributed by atoms with E-state index in [1.54, 1.807) is 18.2 Å². The first-order valence-corrected chi connectivity index (χ1v) is 9.24. The molecule has 0 unspecified atom stereocenters. The van der Waals surface area contributed by atoms with E-state index in [-0.39, 0.29) is 17.3 Å². The highest BCUT2D eigenvalue weighted by Gasteiger charge is 2.16. The highest BCUT2D eigenvalue weighted by atomic mass is 32.2. The predicted molar refractivity (Wildman–Crippen MR) is 100 cm³/mol. The minimum absolute atomic E-state index is 0.0204. The van der Waals surface area contributed by atoms with Gasteiger partial charge in [-0.05, 0) is 23.8 Å². The molecule has 2 N–H and O–H groups in total. The van der Waals surface area contributed by atoms with E-state index in [1.165, 1.54) is 28.7 Å². The molecule has 1 aromatic heterocycles. The Morgan fingerprint density at radius 3 is 2.65 bits per heavy atom. The van der Waals surface area contributed by atoms with Crippen LogP contribution < -0.4 is 5.32 Å². The van der Waals surface area contributed by atoms with Crippen molar-refractivity contribution in [2.45, 2.75) is 5.75 Å². The summed E-state index contributed by atoms with van der Waals surface area (Å²) < 4.78 is 15.0. The zero-order chi connectivity index (χ0) is 18.4. The number of carbonyl (C=O) groups is 1. The number of aromatic hydroxyl groups is 1. The predicted octanol–water partition coefficient (Wildman–Crippen LogP) is 3.38. The zero-order valence-electron chi connectivity index (χ0n) is 13.9. The van der Waals surface area contributed by atoms with Crippen LogP contribution in [0.4, 0.5) is 4.39 Å². The molecule has 3 rings (SSSR count). The van der Waals surface area contributed by atoms with E-state index in [2.05, 4.69) is 10.4 Å². The Bertz CT molecular complexity index is 884. The quantitative estimate of drug-likeness (QED) is 0.625. The SMILES string of the molecule is O=C(NCCSCc1ccccc1F)c1nn(-c2ccccc2)cc1O. The Morgan fingerprint density at radius 2 is 1.88 bits per heavy atom.